The Morgan fingerprint density at radius 2 is 2.02 bits per heavy atom. The second-order valence-corrected chi connectivity index (χ2v) is 13.7. The van der Waals surface area contributed by atoms with Crippen molar-refractivity contribution in [2.45, 2.75) is 76.9 Å². The molecule has 260 valence electrons. The highest BCUT2D eigenvalue weighted by atomic mass is 35.5. The Morgan fingerprint density at radius 1 is 1.22 bits per heavy atom. The lowest BCUT2D eigenvalue weighted by Gasteiger charge is -2.31. The van der Waals surface area contributed by atoms with Gasteiger partial charge >= 0.3 is 5.97 Å². The Labute approximate surface area is 291 Å². The number of carbonyl (C=O) groups excluding carboxylic acids is 3. The van der Waals surface area contributed by atoms with Gasteiger partial charge < -0.3 is 29.7 Å². The van der Waals surface area contributed by atoms with Gasteiger partial charge in [-0.1, -0.05) is 54.5 Å². The number of aromatic nitrogens is 2. The van der Waals surface area contributed by atoms with Crippen molar-refractivity contribution in [3.05, 3.63) is 97.1 Å². The Hall–Kier alpha value is -4.65. The van der Waals surface area contributed by atoms with Crippen LogP contribution in [0.25, 0.3) is 22.3 Å². The molecule has 13 heteroatoms. The van der Waals surface area contributed by atoms with Gasteiger partial charge in [0.2, 0.25) is 11.8 Å². The number of rotatable bonds is 8. The second kappa shape index (κ2) is 12.9. The zero-order valence-corrected chi connectivity index (χ0v) is 28.3. The number of aliphatic hydroxyl groups excluding tert-OH is 1. The third-order valence-electron chi connectivity index (χ3n) is 10.00. The van der Waals surface area contributed by atoms with Gasteiger partial charge in [-0.3, -0.25) is 14.4 Å². The molecule has 4 heterocycles. The van der Waals surface area contributed by atoms with Gasteiger partial charge in [-0.2, -0.15) is 0 Å². The number of benzene rings is 1. The third kappa shape index (κ3) is 5.65. The van der Waals surface area contributed by atoms with Gasteiger partial charge in [0.25, 0.3) is 5.56 Å². The van der Waals surface area contributed by atoms with Gasteiger partial charge in [0.05, 0.1) is 52.7 Å². The van der Waals surface area contributed by atoms with Crippen LogP contribution >= 0.6 is 11.6 Å². The molecular formula is C37H36ClFN4O7. The molecule has 2 aliphatic carbocycles. The lowest BCUT2D eigenvalue weighted by atomic mass is 9.83. The van der Waals surface area contributed by atoms with Gasteiger partial charge in [0, 0.05) is 35.5 Å². The van der Waals surface area contributed by atoms with E-state index >= 15 is 4.39 Å². The molecule has 4 aliphatic rings. The first kappa shape index (κ1) is 33.8. The highest BCUT2D eigenvalue weighted by molar-refractivity contribution is 6.32. The normalized spacial score (nSPS) is 20.7. The fourth-order valence-corrected chi connectivity index (χ4v) is 7.79. The van der Waals surface area contributed by atoms with Gasteiger partial charge in [-0.25, -0.2) is 14.2 Å². The molecular weight excluding hydrogens is 667 g/mol. The van der Waals surface area contributed by atoms with Crippen molar-refractivity contribution < 1.29 is 33.7 Å². The lowest BCUT2D eigenvalue weighted by Crippen LogP contribution is -2.45. The number of hydrogen-bond acceptors (Lipinski definition) is 8. The van der Waals surface area contributed by atoms with Crippen LogP contribution < -0.4 is 10.9 Å². The molecule has 0 fully saturated rings. The maximum atomic E-state index is 15.1. The summed E-state index contributed by atoms with van der Waals surface area (Å²) < 4.78 is 21.8. The van der Waals surface area contributed by atoms with Crippen LogP contribution in [0, 0.1) is 5.82 Å². The van der Waals surface area contributed by atoms with E-state index in [1.165, 1.54) is 15.5 Å². The molecule has 1 aromatic carbocycles. The zero-order chi connectivity index (χ0) is 35.5. The van der Waals surface area contributed by atoms with Crippen LogP contribution in [-0.4, -0.2) is 61.6 Å². The highest BCUT2D eigenvalue weighted by Gasteiger charge is 2.46. The molecule has 50 heavy (non-hydrogen) atoms. The molecule has 0 bridgehead atoms. The number of hydrogen-bond donors (Lipinski definition) is 3. The summed E-state index contributed by atoms with van der Waals surface area (Å²) in [6.07, 6.45) is 9.92. The average Bonchev–Trinajstić information content (AvgIpc) is 3.25. The molecule has 3 N–H and O–H groups in total. The molecule has 0 saturated heterocycles. The molecule has 0 radical (unpaired) electrons. The van der Waals surface area contributed by atoms with Gasteiger partial charge in [-0.05, 0) is 49.8 Å². The van der Waals surface area contributed by atoms with Crippen molar-refractivity contribution in [1.82, 2.24) is 19.8 Å². The predicted octanol–water partition coefficient (Wildman–Crippen LogP) is 4.02. The molecule has 7 rings (SSSR count). The Bertz CT molecular complexity index is 2140. The molecule has 2 amide bonds. The number of nitrogens with one attached hydrogen (secondary N) is 1. The van der Waals surface area contributed by atoms with E-state index in [-0.39, 0.29) is 66.7 Å². The zero-order valence-electron chi connectivity index (χ0n) is 27.6. The minimum atomic E-state index is -2.02. The number of ether oxygens (including phenoxy) is 1. The van der Waals surface area contributed by atoms with Crippen molar-refractivity contribution in [2.75, 3.05) is 13.1 Å². The molecule has 11 nitrogen and oxygen atoms in total. The van der Waals surface area contributed by atoms with E-state index in [0.29, 0.717) is 52.7 Å². The Balaban J connectivity index is 1.27. The van der Waals surface area contributed by atoms with Crippen LogP contribution in [0.5, 0.6) is 0 Å². The fraction of sp³-hybridized carbons (Fsp3) is 0.378. The average molecular weight is 703 g/mol. The smallest absolute Gasteiger partial charge is 0.343 e. The monoisotopic (exact) mass is 702 g/mol. The summed E-state index contributed by atoms with van der Waals surface area (Å²) in [7, 11) is 0. The van der Waals surface area contributed by atoms with E-state index in [2.05, 4.69) is 5.32 Å². The fourth-order valence-electron chi connectivity index (χ4n) is 7.54. The number of fused-ring (bicyclic) bond motifs is 5. The van der Waals surface area contributed by atoms with Gasteiger partial charge in [0.15, 0.2) is 5.60 Å². The molecule has 2 unspecified atom stereocenters. The number of halogens is 2. The maximum absolute atomic E-state index is 15.1. The van der Waals surface area contributed by atoms with E-state index in [1.54, 1.807) is 19.9 Å². The van der Waals surface area contributed by atoms with E-state index in [9.17, 15) is 29.4 Å². The number of aliphatic hydroxyl groups is 2. The molecule has 3 aromatic rings. The van der Waals surface area contributed by atoms with Crippen molar-refractivity contribution >= 4 is 40.3 Å². The standard InChI is InChI=1S/C37H36ClFN4O7/c1-3-37(49)24-13-28-34-22(16-43(28)35(47)23(24)18-50-36(37)48)32-26(11-10-21-31(32)27(41-34)14-25(39)33(21)38)40-29(45)17-42(15-19(2)44)30(46)12-20-8-6-4-5-7-9-20/h4-8,13-14,19,26,44,49H,3,9-12,15-18H2,1-2H3,(H,40,45)/t19?,26?,37-/m0/s1. The van der Waals surface area contributed by atoms with Crippen LogP contribution in [-0.2, 0) is 44.3 Å². The van der Waals surface area contributed by atoms with Crippen LogP contribution in [0.15, 0.2) is 52.9 Å². The largest absolute Gasteiger partial charge is 0.458 e. The van der Waals surface area contributed by atoms with Crippen LogP contribution in [0.2, 0.25) is 5.02 Å². The lowest BCUT2D eigenvalue weighted by molar-refractivity contribution is -0.172. The molecule has 2 aromatic heterocycles. The number of allylic oxidation sites excluding steroid dienone is 5. The van der Waals surface area contributed by atoms with Crippen LogP contribution in [0.4, 0.5) is 4.39 Å². The number of esters is 1. The minimum Gasteiger partial charge on any atom is -0.458 e. The summed E-state index contributed by atoms with van der Waals surface area (Å²) in [5, 5.41) is 25.1. The topological polar surface area (TPSA) is 151 Å². The first-order valence-corrected chi connectivity index (χ1v) is 17.1. The van der Waals surface area contributed by atoms with Crippen molar-refractivity contribution in [2.24, 2.45) is 0 Å². The minimum absolute atomic E-state index is 0.0214. The van der Waals surface area contributed by atoms with Crippen molar-refractivity contribution in [3.8, 4) is 11.4 Å². The second-order valence-electron chi connectivity index (χ2n) is 13.3. The van der Waals surface area contributed by atoms with E-state index in [1.807, 2.05) is 30.4 Å². The molecule has 2 aliphatic heterocycles. The van der Waals surface area contributed by atoms with E-state index < -0.39 is 41.0 Å². The third-order valence-corrected chi connectivity index (χ3v) is 10.4. The number of aryl methyl sites for hydroxylation is 1. The summed E-state index contributed by atoms with van der Waals surface area (Å²) in [5.41, 5.74) is 1.52. The van der Waals surface area contributed by atoms with Crippen LogP contribution in [0.3, 0.4) is 0 Å². The Morgan fingerprint density at radius 3 is 2.78 bits per heavy atom. The highest BCUT2D eigenvalue weighted by Crippen LogP contribution is 2.46. The summed E-state index contributed by atoms with van der Waals surface area (Å²) in [6.45, 7) is 2.60. The quantitative estimate of drug-likeness (QED) is 0.233. The van der Waals surface area contributed by atoms with Gasteiger partial charge in [0.1, 0.15) is 12.4 Å². The number of pyridine rings is 2. The summed E-state index contributed by atoms with van der Waals surface area (Å²) >= 11 is 6.49. The molecule has 3 atom stereocenters. The number of carbonyl (C=O) groups is 3. The predicted molar refractivity (Wildman–Crippen MR) is 183 cm³/mol. The first-order valence-electron chi connectivity index (χ1n) is 16.7. The molecule has 0 spiro atoms. The molecule has 0 saturated carbocycles. The van der Waals surface area contributed by atoms with E-state index in [4.69, 9.17) is 21.3 Å². The first-order chi connectivity index (χ1) is 23.9. The van der Waals surface area contributed by atoms with E-state index in [0.717, 1.165) is 5.57 Å². The Kier molecular flexibility index (Phi) is 8.73. The maximum Gasteiger partial charge on any atom is 0.343 e. The SMILES string of the molecule is CC[C@@]1(O)C(=O)OCc2c1cc1n(c2=O)Cc2c-1nc1cc(F)c(Cl)c3c1c2C(NC(=O)CN(CC(C)O)C(=O)CC1=CC=CC=CC1)CC3. The van der Waals surface area contributed by atoms with Crippen molar-refractivity contribution in [1.29, 1.82) is 0 Å². The van der Waals surface area contributed by atoms with Gasteiger partial charge in [-0.15, -0.1) is 0 Å². The number of amides is 2. The summed E-state index contributed by atoms with van der Waals surface area (Å²) in [6, 6.07) is 2.19. The number of nitrogens with zero attached hydrogens (tertiary/aromatic N) is 3. The summed E-state index contributed by atoms with van der Waals surface area (Å²) in [5.74, 6) is -2.25. The number of cyclic esters (lactones) is 1. The summed E-state index contributed by atoms with van der Waals surface area (Å²) in [4.78, 5) is 59.8. The van der Waals surface area contributed by atoms with Crippen LogP contribution in [0.1, 0.15) is 73.4 Å². The van der Waals surface area contributed by atoms with Crippen molar-refractivity contribution in [3.63, 3.8) is 0 Å².